The molecule has 0 amide bonds. The zero-order chi connectivity index (χ0) is 8.27. The Morgan fingerprint density at radius 2 is 1.82 bits per heavy atom. The van der Waals surface area contributed by atoms with E-state index in [0.717, 1.165) is 11.8 Å². The third-order valence-corrected chi connectivity index (χ3v) is 3.21. The van der Waals surface area contributed by atoms with E-state index < -0.39 is 0 Å². The minimum absolute atomic E-state index is 0.424. The van der Waals surface area contributed by atoms with Crippen LogP contribution < -0.4 is 5.73 Å². The van der Waals surface area contributed by atoms with Crippen molar-refractivity contribution in [2.45, 2.75) is 52.0 Å². The van der Waals surface area contributed by atoms with Crippen LogP contribution >= 0.6 is 0 Å². The normalized spacial score (nSPS) is 35.2. The first-order chi connectivity index (χ1) is 5.24. The molecule has 0 unspecified atom stereocenters. The maximum absolute atomic E-state index is 5.85. The lowest BCUT2D eigenvalue weighted by molar-refractivity contribution is 0.245. The highest BCUT2D eigenvalue weighted by Crippen LogP contribution is 2.31. The first-order valence-electron chi connectivity index (χ1n) is 4.99. The molecule has 0 spiro atoms. The fraction of sp³-hybridized carbons (Fsp3) is 1.00. The van der Waals surface area contributed by atoms with Crippen molar-refractivity contribution in [3.63, 3.8) is 0 Å². The van der Waals surface area contributed by atoms with Gasteiger partial charge in [-0.25, -0.2) is 0 Å². The predicted octanol–water partition coefficient (Wildman–Crippen LogP) is 2.55. The Labute approximate surface area is 70.4 Å². The van der Waals surface area contributed by atoms with Gasteiger partial charge in [0.2, 0.25) is 0 Å². The quantitative estimate of drug-likeness (QED) is 0.651. The molecule has 1 aliphatic carbocycles. The molecule has 0 aromatic rings. The average molecular weight is 155 g/mol. The van der Waals surface area contributed by atoms with Gasteiger partial charge in [0, 0.05) is 6.04 Å². The second-order valence-electron chi connectivity index (χ2n) is 4.05. The van der Waals surface area contributed by atoms with Crippen LogP contribution in [0.1, 0.15) is 46.0 Å². The summed E-state index contributed by atoms with van der Waals surface area (Å²) < 4.78 is 0. The molecule has 0 radical (unpaired) electrons. The van der Waals surface area contributed by atoms with Crippen molar-refractivity contribution in [2.75, 3.05) is 0 Å². The topological polar surface area (TPSA) is 26.0 Å². The summed E-state index contributed by atoms with van der Waals surface area (Å²) in [5, 5.41) is 0. The van der Waals surface area contributed by atoms with Crippen molar-refractivity contribution in [3.05, 3.63) is 0 Å². The standard InChI is InChI=1S/C10H21N/c1-3-9-4-6-10(7-5-9)8(2)11/h8-10H,3-7,11H2,1-2H3/t8-,9?,10?/m1/s1. The summed E-state index contributed by atoms with van der Waals surface area (Å²) in [6.45, 7) is 4.45. The molecule has 1 rings (SSSR count). The average Bonchev–Trinajstić information content (AvgIpc) is 2.05. The van der Waals surface area contributed by atoms with Crippen LogP contribution in [0.2, 0.25) is 0 Å². The van der Waals surface area contributed by atoms with Crippen LogP contribution in [0.4, 0.5) is 0 Å². The van der Waals surface area contributed by atoms with Crippen LogP contribution in [0.3, 0.4) is 0 Å². The van der Waals surface area contributed by atoms with Crippen LogP contribution in [0.15, 0.2) is 0 Å². The highest BCUT2D eigenvalue weighted by atomic mass is 14.6. The van der Waals surface area contributed by atoms with Crippen molar-refractivity contribution < 1.29 is 0 Å². The lowest BCUT2D eigenvalue weighted by Crippen LogP contribution is -2.30. The van der Waals surface area contributed by atoms with E-state index >= 15 is 0 Å². The number of hydrogen-bond acceptors (Lipinski definition) is 1. The van der Waals surface area contributed by atoms with Crippen LogP contribution in [0.25, 0.3) is 0 Å². The van der Waals surface area contributed by atoms with Gasteiger partial charge >= 0.3 is 0 Å². The van der Waals surface area contributed by atoms with E-state index in [0.29, 0.717) is 6.04 Å². The first kappa shape index (κ1) is 9.05. The van der Waals surface area contributed by atoms with Crippen molar-refractivity contribution >= 4 is 0 Å². The Hall–Kier alpha value is -0.0400. The van der Waals surface area contributed by atoms with Gasteiger partial charge in [-0.15, -0.1) is 0 Å². The van der Waals surface area contributed by atoms with Crippen LogP contribution in [0, 0.1) is 11.8 Å². The summed E-state index contributed by atoms with van der Waals surface area (Å²) in [5.41, 5.74) is 5.85. The van der Waals surface area contributed by atoms with Crippen molar-refractivity contribution in [2.24, 2.45) is 17.6 Å². The van der Waals surface area contributed by atoms with Crippen molar-refractivity contribution in [1.29, 1.82) is 0 Å². The van der Waals surface area contributed by atoms with Crippen LogP contribution in [-0.2, 0) is 0 Å². The Balaban J connectivity index is 2.24. The van der Waals surface area contributed by atoms with E-state index in [1.807, 2.05) is 0 Å². The van der Waals surface area contributed by atoms with E-state index in [1.165, 1.54) is 32.1 Å². The summed E-state index contributed by atoms with van der Waals surface area (Å²) >= 11 is 0. The Morgan fingerprint density at radius 1 is 1.27 bits per heavy atom. The van der Waals surface area contributed by atoms with Gasteiger partial charge in [0.25, 0.3) is 0 Å². The summed E-state index contributed by atoms with van der Waals surface area (Å²) in [6.07, 6.45) is 6.95. The molecule has 1 atom stereocenters. The number of rotatable bonds is 2. The van der Waals surface area contributed by atoms with Gasteiger partial charge in [-0.3, -0.25) is 0 Å². The number of hydrogen-bond donors (Lipinski definition) is 1. The van der Waals surface area contributed by atoms with Gasteiger partial charge in [0.05, 0.1) is 0 Å². The summed E-state index contributed by atoms with van der Waals surface area (Å²) in [5.74, 6) is 1.82. The van der Waals surface area contributed by atoms with Gasteiger partial charge in [0.1, 0.15) is 0 Å². The van der Waals surface area contributed by atoms with E-state index in [9.17, 15) is 0 Å². The SMILES string of the molecule is CCC1CCC([C@@H](C)N)CC1. The second kappa shape index (κ2) is 4.10. The lowest BCUT2D eigenvalue weighted by Gasteiger charge is -2.29. The van der Waals surface area contributed by atoms with E-state index in [4.69, 9.17) is 5.73 Å². The molecule has 0 aromatic carbocycles. The van der Waals surface area contributed by atoms with Gasteiger partial charge in [0.15, 0.2) is 0 Å². The monoisotopic (exact) mass is 155 g/mol. The second-order valence-corrected chi connectivity index (χ2v) is 4.05. The molecule has 0 aliphatic heterocycles. The molecule has 0 heterocycles. The van der Waals surface area contributed by atoms with Gasteiger partial charge < -0.3 is 5.73 Å². The molecule has 66 valence electrons. The minimum Gasteiger partial charge on any atom is -0.328 e. The van der Waals surface area contributed by atoms with E-state index in [1.54, 1.807) is 0 Å². The molecule has 1 nitrogen and oxygen atoms in total. The highest BCUT2D eigenvalue weighted by molar-refractivity contribution is 4.76. The first-order valence-corrected chi connectivity index (χ1v) is 4.99. The molecule has 2 N–H and O–H groups in total. The fourth-order valence-electron chi connectivity index (χ4n) is 2.12. The molecular formula is C10H21N. The Bertz CT molecular complexity index is 101. The molecule has 1 aliphatic rings. The molecule has 1 fully saturated rings. The smallest absolute Gasteiger partial charge is 0.00387 e. The van der Waals surface area contributed by atoms with Gasteiger partial charge in [-0.05, 0) is 31.6 Å². The predicted molar refractivity (Wildman–Crippen MR) is 49.4 cm³/mol. The molecule has 1 heteroatoms. The van der Waals surface area contributed by atoms with Gasteiger partial charge in [-0.1, -0.05) is 26.2 Å². The maximum atomic E-state index is 5.85. The lowest BCUT2D eigenvalue weighted by atomic mass is 9.78. The third-order valence-electron chi connectivity index (χ3n) is 3.21. The van der Waals surface area contributed by atoms with E-state index in [2.05, 4.69) is 13.8 Å². The van der Waals surface area contributed by atoms with Crippen LogP contribution in [-0.4, -0.2) is 6.04 Å². The third kappa shape index (κ3) is 2.48. The number of nitrogens with two attached hydrogens (primary N) is 1. The molecule has 11 heavy (non-hydrogen) atoms. The molecule has 0 saturated heterocycles. The van der Waals surface area contributed by atoms with E-state index in [-0.39, 0.29) is 0 Å². The summed E-state index contributed by atoms with van der Waals surface area (Å²) in [4.78, 5) is 0. The maximum Gasteiger partial charge on any atom is 0.00387 e. The molecule has 0 bridgehead atoms. The summed E-state index contributed by atoms with van der Waals surface area (Å²) in [7, 11) is 0. The minimum atomic E-state index is 0.424. The molecule has 1 saturated carbocycles. The highest BCUT2D eigenvalue weighted by Gasteiger charge is 2.21. The largest absolute Gasteiger partial charge is 0.328 e. The molecule has 0 aromatic heterocycles. The zero-order valence-electron chi connectivity index (χ0n) is 7.84. The Kier molecular flexibility index (Phi) is 3.38. The Morgan fingerprint density at radius 3 is 2.18 bits per heavy atom. The zero-order valence-corrected chi connectivity index (χ0v) is 7.84. The van der Waals surface area contributed by atoms with Crippen molar-refractivity contribution in [3.8, 4) is 0 Å². The molecular weight excluding hydrogens is 134 g/mol. The van der Waals surface area contributed by atoms with Crippen LogP contribution in [0.5, 0.6) is 0 Å². The van der Waals surface area contributed by atoms with Crippen molar-refractivity contribution in [1.82, 2.24) is 0 Å². The summed E-state index contributed by atoms with van der Waals surface area (Å²) in [6, 6.07) is 0.424. The van der Waals surface area contributed by atoms with Gasteiger partial charge in [-0.2, -0.15) is 0 Å². The fourth-order valence-corrected chi connectivity index (χ4v) is 2.12.